The van der Waals surface area contributed by atoms with E-state index in [1.807, 2.05) is 18.2 Å². The number of carbonyl (C=O) groups is 1. The maximum atomic E-state index is 12.6. The molecule has 0 saturated heterocycles. The summed E-state index contributed by atoms with van der Waals surface area (Å²) in [6.45, 7) is 0. The Morgan fingerprint density at radius 2 is 1.89 bits per heavy atom. The van der Waals surface area contributed by atoms with E-state index in [1.165, 1.54) is 12.4 Å². The summed E-state index contributed by atoms with van der Waals surface area (Å²) < 4.78 is 5.42. The topological polar surface area (TPSA) is 64.1 Å². The third-order valence-electron chi connectivity index (χ3n) is 4.01. The minimum absolute atomic E-state index is 0.278. The van der Waals surface area contributed by atoms with Gasteiger partial charge in [-0.05, 0) is 48.7 Å². The van der Waals surface area contributed by atoms with Crippen molar-refractivity contribution in [3.8, 4) is 5.75 Å². The van der Waals surface area contributed by atoms with Crippen molar-refractivity contribution in [2.24, 2.45) is 0 Å². The zero-order chi connectivity index (χ0) is 19.2. The molecule has 0 radical (unpaired) electrons. The van der Waals surface area contributed by atoms with Crippen LogP contribution in [0.2, 0.25) is 10.0 Å². The van der Waals surface area contributed by atoms with Gasteiger partial charge < -0.3 is 10.1 Å². The van der Waals surface area contributed by atoms with Gasteiger partial charge in [0, 0.05) is 29.8 Å². The summed E-state index contributed by atoms with van der Waals surface area (Å²) in [5, 5.41) is 3.29. The van der Waals surface area contributed by atoms with Crippen molar-refractivity contribution in [3.63, 3.8) is 0 Å². The molecular formula is C20H17Cl2N3O2. The smallest absolute Gasteiger partial charge is 0.255 e. The second-order valence-corrected chi connectivity index (χ2v) is 6.59. The number of rotatable bonds is 6. The zero-order valence-electron chi connectivity index (χ0n) is 14.6. The van der Waals surface area contributed by atoms with Crippen molar-refractivity contribution >= 4 is 34.8 Å². The second kappa shape index (κ2) is 8.84. The lowest BCUT2D eigenvalue weighted by Crippen LogP contribution is -2.13. The number of pyridine rings is 2. The fourth-order valence-corrected chi connectivity index (χ4v) is 3.10. The molecule has 0 unspecified atom stereocenters. The average molecular weight is 402 g/mol. The summed E-state index contributed by atoms with van der Waals surface area (Å²) >= 11 is 12.1. The zero-order valence-corrected chi connectivity index (χ0v) is 16.1. The molecule has 0 spiro atoms. The van der Waals surface area contributed by atoms with Crippen LogP contribution in [-0.4, -0.2) is 23.0 Å². The molecule has 0 aliphatic rings. The molecule has 1 amide bonds. The van der Waals surface area contributed by atoms with Crippen LogP contribution in [0.5, 0.6) is 5.75 Å². The number of carbonyl (C=O) groups excluding carboxylic acids is 1. The van der Waals surface area contributed by atoms with Crippen molar-refractivity contribution in [3.05, 3.63) is 81.9 Å². The number of nitrogens with zero attached hydrogens (tertiary/aromatic N) is 2. The van der Waals surface area contributed by atoms with Crippen LogP contribution in [-0.2, 0) is 12.8 Å². The van der Waals surface area contributed by atoms with Gasteiger partial charge in [0.2, 0.25) is 0 Å². The molecule has 2 heterocycles. The van der Waals surface area contributed by atoms with Crippen molar-refractivity contribution in [1.82, 2.24) is 9.97 Å². The van der Waals surface area contributed by atoms with E-state index in [9.17, 15) is 4.79 Å². The summed E-state index contributed by atoms with van der Waals surface area (Å²) in [5.41, 5.74) is 2.72. The number of methoxy groups -OCH3 is 1. The number of amides is 1. The first-order valence-corrected chi connectivity index (χ1v) is 9.01. The lowest BCUT2D eigenvalue weighted by atomic mass is 10.0. The van der Waals surface area contributed by atoms with Crippen LogP contribution in [0.25, 0.3) is 0 Å². The molecule has 0 aliphatic carbocycles. The van der Waals surface area contributed by atoms with E-state index in [4.69, 9.17) is 27.9 Å². The predicted octanol–water partition coefficient (Wildman–Crippen LogP) is 4.83. The van der Waals surface area contributed by atoms with Crippen molar-refractivity contribution in [2.45, 2.75) is 12.8 Å². The Bertz CT molecular complexity index is 929. The molecule has 7 heteroatoms. The Kier molecular flexibility index (Phi) is 6.27. The normalized spacial score (nSPS) is 10.5. The maximum absolute atomic E-state index is 12.6. The lowest BCUT2D eigenvalue weighted by Gasteiger charge is -2.12. The molecule has 0 saturated carbocycles. The van der Waals surface area contributed by atoms with Crippen LogP contribution in [0, 0.1) is 0 Å². The largest absolute Gasteiger partial charge is 0.496 e. The molecule has 0 atom stereocenters. The second-order valence-electron chi connectivity index (χ2n) is 5.78. The molecule has 0 aliphatic heterocycles. The molecule has 2 aromatic heterocycles. The Morgan fingerprint density at radius 1 is 1.11 bits per heavy atom. The van der Waals surface area contributed by atoms with Crippen LogP contribution >= 0.6 is 23.2 Å². The molecule has 3 rings (SSSR count). The van der Waals surface area contributed by atoms with E-state index in [2.05, 4.69) is 15.3 Å². The lowest BCUT2D eigenvalue weighted by molar-refractivity contribution is 0.102. The van der Waals surface area contributed by atoms with Gasteiger partial charge in [-0.15, -0.1) is 0 Å². The molecule has 1 N–H and O–H groups in total. The SMILES string of the molecule is COc1ccc(C(=O)Nc2c(Cl)cncc2Cl)cc1CCc1ccccn1. The number of aromatic nitrogens is 2. The first-order chi connectivity index (χ1) is 13.1. The molecule has 0 fully saturated rings. The van der Waals surface area contributed by atoms with Crippen LogP contribution < -0.4 is 10.1 Å². The number of nitrogens with one attached hydrogen (secondary N) is 1. The summed E-state index contributed by atoms with van der Waals surface area (Å²) in [5.74, 6) is 0.411. The van der Waals surface area contributed by atoms with E-state index < -0.39 is 0 Å². The number of halogens is 2. The van der Waals surface area contributed by atoms with E-state index in [0.717, 1.165) is 23.4 Å². The van der Waals surface area contributed by atoms with Crippen LogP contribution in [0.4, 0.5) is 5.69 Å². The van der Waals surface area contributed by atoms with Gasteiger partial charge in [0.25, 0.3) is 5.91 Å². The fraction of sp³-hybridized carbons (Fsp3) is 0.150. The predicted molar refractivity (Wildman–Crippen MR) is 107 cm³/mol. The van der Waals surface area contributed by atoms with Crippen LogP contribution in [0.3, 0.4) is 0 Å². The highest BCUT2D eigenvalue weighted by atomic mass is 35.5. The van der Waals surface area contributed by atoms with Gasteiger partial charge in [-0.1, -0.05) is 29.3 Å². The number of ether oxygens (including phenoxy) is 1. The number of anilines is 1. The van der Waals surface area contributed by atoms with E-state index in [-0.39, 0.29) is 16.0 Å². The summed E-state index contributed by atoms with van der Waals surface area (Å²) in [7, 11) is 1.61. The third-order valence-corrected chi connectivity index (χ3v) is 4.58. The summed E-state index contributed by atoms with van der Waals surface area (Å²) in [4.78, 5) is 20.8. The van der Waals surface area contributed by atoms with Crippen molar-refractivity contribution in [1.29, 1.82) is 0 Å². The Balaban J connectivity index is 1.80. The molecule has 1 aromatic carbocycles. The highest BCUT2D eigenvalue weighted by molar-refractivity contribution is 6.39. The van der Waals surface area contributed by atoms with Crippen LogP contribution in [0.1, 0.15) is 21.6 Å². The van der Waals surface area contributed by atoms with Gasteiger partial charge in [-0.2, -0.15) is 0 Å². The van der Waals surface area contributed by atoms with E-state index >= 15 is 0 Å². The van der Waals surface area contributed by atoms with Gasteiger partial charge in [-0.3, -0.25) is 14.8 Å². The average Bonchev–Trinajstić information content (AvgIpc) is 2.69. The quantitative estimate of drug-likeness (QED) is 0.642. The third kappa shape index (κ3) is 4.76. The van der Waals surface area contributed by atoms with Gasteiger partial charge in [0.1, 0.15) is 5.75 Å². The minimum Gasteiger partial charge on any atom is -0.496 e. The molecule has 0 bridgehead atoms. The molecule has 3 aromatic rings. The molecular weight excluding hydrogens is 385 g/mol. The van der Waals surface area contributed by atoms with E-state index in [0.29, 0.717) is 17.7 Å². The van der Waals surface area contributed by atoms with E-state index in [1.54, 1.807) is 31.5 Å². The highest BCUT2D eigenvalue weighted by Crippen LogP contribution is 2.29. The Labute approximate surface area is 167 Å². The Morgan fingerprint density at radius 3 is 2.56 bits per heavy atom. The summed E-state index contributed by atoms with van der Waals surface area (Å²) in [6.07, 6.45) is 6.05. The molecule has 27 heavy (non-hydrogen) atoms. The van der Waals surface area contributed by atoms with Crippen molar-refractivity contribution in [2.75, 3.05) is 12.4 Å². The number of hydrogen-bond donors (Lipinski definition) is 1. The monoisotopic (exact) mass is 401 g/mol. The van der Waals surface area contributed by atoms with Gasteiger partial charge in [0.15, 0.2) is 0 Å². The van der Waals surface area contributed by atoms with Gasteiger partial charge in [0.05, 0.1) is 22.8 Å². The number of aryl methyl sites for hydroxylation is 2. The van der Waals surface area contributed by atoms with Gasteiger partial charge in [-0.25, -0.2) is 0 Å². The van der Waals surface area contributed by atoms with Gasteiger partial charge >= 0.3 is 0 Å². The summed E-state index contributed by atoms with van der Waals surface area (Å²) in [6, 6.07) is 11.1. The molecule has 138 valence electrons. The van der Waals surface area contributed by atoms with Crippen molar-refractivity contribution < 1.29 is 9.53 Å². The first-order valence-electron chi connectivity index (χ1n) is 8.25. The Hall–Kier alpha value is -2.63. The fourth-order valence-electron chi connectivity index (χ4n) is 2.64. The number of benzene rings is 1. The first kappa shape index (κ1) is 19.1. The highest BCUT2D eigenvalue weighted by Gasteiger charge is 2.14. The maximum Gasteiger partial charge on any atom is 0.255 e. The van der Waals surface area contributed by atoms with Crippen LogP contribution in [0.15, 0.2) is 55.0 Å². The molecule has 5 nitrogen and oxygen atoms in total. The minimum atomic E-state index is -0.313. The standard InChI is InChI=1S/C20H17Cl2N3O2/c1-27-18-8-6-14(10-13(18)5-7-15-4-2-3-9-24-15)20(26)25-19-16(21)11-23-12-17(19)22/h2-4,6,8-12H,5,7H2,1H3,(H,23,25,26). The number of hydrogen-bond acceptors (Lipinski definition) is 4.